The van der Waals surface area contributed by atoms with Crippen molar-refractivity contribution in [2.75, 3.05) is 0 Å². The van der Waals surface area contributed by atoms with Crippen molar-refractivity contribution >= 4 is 0 Å². The number of unbranched alkanes of at least 4 members (excludes halogenated alkanes) is 18. The molecule has 0 saturated carbocycles. The summed E-state index contributed by atoms with van der Waals surface area (Å²) in [6.07, 6.45) is 28.3. The molecule has 0 aromatic heterocycles. The Hall–Kier alpha value is 0.843. The predicted octanol–water partition coefficient (Wildman–Crippen LogP) is 10.5. The molecule has 0 aliphatic carbocycles. The van der Waals surface area contributed by atoms with E-state index in [9.17, 15) is 0 Å². The maximum Gasteiger partial charge on any atom is 4.00 e. The Labute approximate surface area is 207 Å². The zero-order valence-corrected chi connectivity index (χ0v) is 23.4. The molecule has 0 aliphatic rings. The van der Waals surface area contributed by atoms with Gasteiger partial charge in [0, 0.05) is 0 Å². The molecule has 2 heteroatoms. The summed E-state index contributed by atoms with van der Waals surface area (Å²) in [7, 11) is 0. The summed E-state index contributed by atoms with van der Waals surface area (Å²) in [5.74, 6) is 0. The van der Waals surface area contributed by atoms with E-state index < -0.39 is 0 Å². The van der Waals surface area contributed by atoms with Crippen molar-refractivity contribution in [1.82, 2.24) is 0 Å². The molecule has 29 heavy (non-hydrogen) atoms. The Morgan fingerprint density at radius 1 is 0.345 bits per heavy atom. The normalized spacial score (nSPS) is 9.31. The fourth-order valence-electron chi connectivity index (χ4n) is 2.87. The van der Waals surface area contributed by atoms with Gasteiger partial charge in [0.2, 0.25) is 0 Å². The molecule has 0 bridgehead atoms. The smallest absolute Gasteiger partial charge is 0.870 e. The van der Waals surface area contributed by atoms with Crippen LogP contribution in [-0.2, 0) is 26.2 Å². The summed E-state index contributed by atoms with van der Waals surface area (Å²) in [5, 5.41) is 0. The zero-order chi connectivity index (χ0) is 20.8. The number of hydrogen-bond acceptors (Lipinski definition) is 1. The van der Waals surface area contributed by atoms with E-state index in [-0.39, 0.29) is 31.7 Å². The molecule has 1 N–H and O–H groups in total. The maximum atomic E-state index is 3.80. The van der Waals surface area contributed by atoms with E-state index >= 15 is 0 Å². The van der Waals surface area contributed by atoms with E-state index in [2.05, 4.69) is 41.5 Å². The molecule has 176 valence electrons. The first kappa shape index (κ1) is 40.2. The molecule has 0 aromatic rings. The quantitative estimate of drug-likeness (QED) is 0.139. The summed E-state index contributed by atoms with van der Waals surface area (Å²) in [5.41, 5.74) is 0. The third kappa shape index (κ3) is 58.5. The molecule has 0 spiro atoms. The molecule has 0 rings (SSSR count). The molecule has 0 aromatic carbocycles. The van der Waals surface area contributed by atoms with E-state index in [1.54, 1.807) is 0 Å². The molecule has 0 saturated heterocycles. The first-order valence-corrected chi connectivity index (χ1v) is 12.6. The van der Waals surface area contributed by atoms with Crippen LogP contribution in [0.4, 0.5) is 0 Å². The van der Waals surface area contributed by atoms with Gasteiger partial charge in [0.15, 0.2) is 0 Å². The van der Waals surface area contributed by atoms with Gasteiger partial charge in [0.05, 0.1) is 0 Å². The Morgan fingerprint density at radius 2 is 0.517 bits per heavy atom. The molecule has 0 fully saturated rings. The van der Waals surface area contributed by atoms with Crippen LogP contribution in [0.1, 0.15) is 156 Å². The van der Waals surface area contributed by atoms with Gasteiger partial charge >= 0.3 is 26.2 Å². The van der Waals surface area contributed by atoms with Gasteiger partial charge in [-0.1, -0.05) is 136 Å². The minimum Gasteiger partial charge on any atom is -0.870 e. The second-order valence-electron chi connectivity index (χ2n) is 7.86. The summed E-state index contributed by atoms with van der Waals surface area (Å²) >= 11 is 0. The third-order valence-electron chi connectivity index (χ3n) is 4.81. The van der Waals surface area contributed by atoms with Gasteiger partial charge < -0.3 is 26.2 Å². The zero-order valence-electron chi connectivity index (χ0n) is 20.9. The fraction of sp³-hybridized carbons (Fsp3) is 0.889. The second kappa shape index (κ2) is 46.9. The van der Waals surface area contributed by atoms with Crippen molar-refractivity contribution in [3.8, 4) is 0 Å². The molecule has 0 aliphatic heterocycles. The molecule has 0 amide bonds. The van der Waals surface area contributed by atoms with Gasteiger partial charge in [0.1, 0.15) is 0 Å². The summed E-state index contributed by atoms with van der Waals surface area (Å²) in [6.45, 7) is 18.2. The standard InChI is InChI=1S/3C9H19.H2O.Zr/c3*1-3-5-7-9-8-6-4-2;;/h3*1,3-9H2,2H3;1H2;/q3*-1;;+4/p-1. The van der Waals surface area contributed by atoms with Crippen LogP contribution in [0.3, 0.4) is 0 Å². The van der Waals surface area contributed by atoms with Crippen molar-refractivity contribution in [2.24, 2.45) is 0 Å². The average Bonchev–Trinajstić information content (AvgIpc) is 2.69. The van der Waals surface area contributed by atoms with E-state index in [0.717, 1.165) is 19.3 Å². The van der Waals surface area contributed by atoms with Gasteiger partial charge in [-0.2, -0.15) is 19.3 Å². The Balaban J connectivity index is -0.0000000960. The Kier molecular flexibility index (Phi) is 65.0. The third-order valence-corrected chi connectivity index (χ3v) is 4.81. The van der Waals surface area contributed by atoms with Crippen LogP contribution >= 0.6 is 0 Å². The first-order valence-electron chi connectivity index (χ1n) is 12.6. The van der Waals surface area contributed by atoms with Crippen LogP contribution in [-0.4, -0.2) is 5.48 Å². The molecular formula is C27H58OZr. The number of rotatable bonds is 18. The molecule has 0 radical (unpaired) electrons. The predicted molar refractivity (Wildman–Crippen MR) is 132 cm³/mol. The van der Waals surface area contributed by atoms with Gasteiger partial charge in [-0.3, -0.25) is 0 Å². The maximum absolute atomic E-state index is 3.80. The van der Waals surface area contributed by atoms with Crippen molar-refractivity contribution in [1.29, 1.82) is 0 Å². The van der Waals surface area contributed by atoms with Gasteiger partial charge in [-0.25, -0.2) is 0 Å². The summed E-state index contributed by atoms with van der Waals surface area (Å²) < 4.78 is 0. The molecule has 1 nitrogen and oxygen atoms in total. The van der Waals surface area contributed by atoms with Crippen molar-refractivity contribution in [3.63, 3.8) is 0 Å². The minimum atomic E-state index is 0. The SMILES string of the molecule is [CH2-]CCCCCCCC.[CH2-]CCCCCCCC.[CH2-]CCCCCCCC.[OH-].[Zr+4]. The summed E-state index contributed by atoms with van der Waals surface area (Å²) in [6, 6.07) is 0. The molecule has 0 unspecified atom stereocenters. The van der Waals surface area contributed by atoms with E-state index in [4.69, 9.17) is 0 Å². The molecule has 0 atom stereocenters. The topological polar surface area (TPSA) is 30.0 Å². The van der Waals surface area contributed by atoms with Crippen LogP contribution in [0, 0.1) is 20.8 Å². The van der Waals surface area contributed by atoms with Crippen LogP contribution in [0.25, 0.3) is 0 Å². The minimum absolute atomic E-state index is 0. The average molecular weight is 490 g/mol. The van der Waals surface area contributed by atoms with Crippen LogP contribution in [0.5, 0.6) is 0 Å². The Bertz CT molecular complexity index is 146. The van der Waals surface area contributed by atoms with Crippen molar-refractivity contribution in [2.45, 2.75) is 156 Å². The van der Waals surface area contributed by atoms with Crippen LogP contribution in [0.15, 0.2) is 0 Å². The second-order valence-corrected chi connectivity index (χ2v) is 7.86. The molecule has 0 heterocycles. The largest absolute Gasteiger partial charge is 4.00 e. The number of hydrogen-bond donors (Lipinski definition) is 0. The van der Waals surface area contributed by atoms with Crippen molar-refractivity contribution < 1.29 is 31.7 Å². The van der Waals surface area contributed by atoms with E-state index in [1.165, 1.54) is 116 Å². The van der Waals surface area contributed by atoms with Gasteiger partial charge in [-0.15, -0.1) is 0 Å². The molecular weight excluding hydrogens is 432 g/mol. The fourth-order valence-corrected chi connectivity index (χ4v) is 2.87. The van der Waals surface area contributed by atoms with Crippen LogP contribution < -0.4 is 0 Å². The van der Waals surface area contributed by atoms with E-state index in [1.807, 2.05) is 0 Å². The van der Waals surface area contributed by atoms with Crippen molar-refractivity contribution in [3.05, 3.63) is 20.8 Å². The van der Waals surface area contributed by atoms with Gasteiger partial charge in [-0.05, 0) is 0 Å². The monoisotopic (exact) mass is 488 g/mol. The van der Waals surface area contributed by atoms with Crippen LogP contribution in [0.2, 0.25) is 0 Å². The first-order chi connectivity index (χ1) is 13.2. The Morgan fingerprint density at radius 3 is 0.690 bits per heavy atom. The summed E-state index contributed by atoms with van der Waals surface area (Å²) in [4.78, 5) is 0. The van der Waals surface area contributed by atoms with Gasteiger partial charge in [0.25, 0.3) is 0 Å². The van der Waals surface area contributed by atoms with E-state index in [0.29, 0.717) is 0 Å².